The van der Waals surface area contributed by atoms with Crippen LogP contribution in [0.3, 0.4) is 0 Å². The fraction of sp³-hybridized carbons (Fsp3) is 0.500. The van der Waals surface area contributed by atoms with Gasteiger partial charge in [0.15, 0.2) is 0 Å². The van der Waals surface area contributed by atoms with E-state index in [0.29, 0.717) is 0 Å². The second-order valence-corrected chi connectivity index (χ2v) is 3.78. The molecule has 62 valence electrons. The van der Waals surface area contributed by atoms with E-state index in [4.69, 9.17) is 0 Å². The normalized spacial score (nSPS) is 10.3. The summed E-state index contributed by atoms with van der Waals surface area (Å²) in [6, 6.07) is 4.27. The maximum absolute atomic E-state index is 4.11. The van der Waals surface area contributed by atoms with E-state index in [1.165, 1.54) is 4.88 Å². The number of thiol groups is 1. The van der Waals surface area contributed by atoms with Crippen LogP contribution in [0.4, 0.5) is 0 Å². The summed E-state index contributed by atoms with van der Waals surface area (Å²) in [5, 5.41) is 5.42. The van der Waals surface area contributed by atoms with Gasteiger partial charge in [-0.3, -0.25) is 0 Å². The summed E-state index contributed by atoms with van der Waals surface area (Å²) in [6.07, 6.45) is 1.14. The molecule has 1 heterocycles. The van der Waals surface area contributed by atoms with Gasteiger partial charge in [0.2, 0.25) is 0 Å². The van der Waals surface area contributed by atoms with Crippen molar-refractivity contribution in [2.45, 2.75) is 6.42 Å². The van der Waals surface area contributed by atoms with Crippen LogP contribution in [0.15, 0.2) is 17.5 Å². The number of rotatable bonds is 5. The minimum absolute atomic E-state index is 0.921. The van der Waals surface area contributed by atoms with Crippen molar-refractivity contribution in [1.29, 1.82) is 0 Å². The Hall–Kier alpha value is 0.01000. The predicted molar refractivity (Wildman–Crippen MR) is 54.7 cm³/mol. The summed E-state index contributed by atoms with van der Waals surface area (Å²) < 4.78 is 0. The van der Waals surface area contributed by atoms with Crippen LogP contribution in [-0.4, -0.2) is 18.8 Å². The fourth-order valence-corrected chi connectivity index (χ4v) is 1.74. The van der Waals surface area contributed by atoms with Crippen molar-refractivity contribution in [3.8, 4) is 0 Å². The van der Waals surface area contributed by atoms with Crippen LogP contribution in [0.2, 0.25) is 0 Å². The third kappa shape index (κ3) is 3.79. The Labute approximate surface area is 77.2 Å². The van der Waals surface area contributed by atoms with E-state index < -0.39 is 0 Å². The van der Waals surface area contributed by atoms with Crippen LogP contribution in [0, 0.1) is 0 Å². The van der Waals surface area contributed by atoms with E-state index in [2.05, 4.69) is 35.5 Å². The van der Waals surface area contributed by atoms with Crippen molar-refractivity contribution in [1.82, 2.24) is 5.32 Å². The number of thiophene rings is 1. The molecule has 0 spiro atoms. The Kier molecular flexibility index (Phi) is 4.66. The summed E-state index contributed by atoms with van der Waals surface area (Å²) in [4.78, 5) is 1.46. The molecule has 0 saturated heterocycles. The van der Waals surface area contributed by atoms with Crippen molar-refractivity contribution >= 4 is 24.0 Å². The minimum atomic E-state index is 0.921. The average molecular weight is 187 g/mol. The van der Waals surface area contributed by atoms with Gasteiger partial charge in [0.1, 0.15) is 0 Å². The van der Waals surface area contributed by atoms with E-state index in [1.807, 2.05) is 11.3 Å². The van der Waals surface area contributed by atoms with Crippen molar-refractivity contribution in [3.63, 3.8) is 0 Å². The lowest BCUT2D eigenvalue weighted by Gasteiger charge is -1.99. The summed E-state index contributed by atoms with van der Waals surface area (Å²) in [7, 11) is 0. The third-order valence-corrected chi connectivity index (χ3v) is 2.58. The van der Waals surface area contributed by atoms with Crippen LogP contribution in [0.25, 0.3) is 0 Å². The van der Waals surface area contributed by atoms with Gasteiger partial charge < -0.3 is 5.32 Å². The van der Waals surface area contributed by atoms with Gasteiger partial charge in [-0.05, 0) is 24.4 Å². The van der Waals surface area contributed by atoms with Gasteiger partial charge >= 0.3 is 0 Å². The highest BCUT2D eigenvalue weighted by atomic mass is 32.1. The number of hydrogen-bond acceptors (Lipinski definition) is 3. The van der Waals surface area contributed by atoms with Gasteiger partial charge in [-0.2, -0.15) is 12.6 Å². The van der Waals surface area contributed by atoms with Crippen LogP contribution in [0.5, 0.6) is 0 Å². The van der Waals surface area contributed by atoms with Crippen LogP contribution in [0.1, 0.15) is 4.88 Å². The first-order chi connectivity index (χ1) is 5.43. The highest BCUT2D eigenvalue weighted by Crippen LogP contribution is 2.07. The lowest BCUT2D eigenvalue weighted by Crippen LogP contribution is -2.18. The molecule has 0 atom stereocenters. The van der Waals surface area contributed by atoms with Crippen LogP contribution < -0.4 is 5.32 Å². The molecule has 0 saturated carbocycles. The molecule has 1 nitrogen and oxygen atoms in total. The number of hydrogen-bond donors (Lipinski definition) is 2. The van der Waals surface area contributed by atoms with Crippen LogP contribution >= 0.6 is 24.0 Å². The Morgan fingerprint density at radius 3 is 3.00 bits per heavy atom. The zero-order chi connectivity index (χ0) is 7.94. The zero-order valence-electron chi connectivity index (χ0n) is 6.42. The van der Waals surface area contributed by atoms with Gasteiger partial charge in [0.25, 0.3) is 0 Å². The number of nitrogens with one attached hydrogen (secondary N) is 1. The smallest absolute Gasteiger partial charge is 0.00578 e. The monoisotopic (exact) mass is 187 g/mol. The molecule has 1 N–H and O–H groups in total. The summed E-state index contributed by atoms with van der Waals surface area (Å²) >= 11 is 5.93. The highest BCUT2D eigenvalue weighted by molar-refractivity contribution is 7.80. The topological polar surface area (TPSA) is 12.0 Å². The van der Waals surface area contributed by atoms with E-state index in [1.54, 1.807) is 0 Å². The molecule has 0 bridgehead atoms. The Morgan fingerprint density at radius 1 is 1.45 bits per heavy atom. The summed E-state index contributed by atoms with van der Waals surface area (Å²) in [5.41, 5.74) is 0. The molecule has 1 rings (SSSR count). The zero-order valence-corrected chi connectivity index (χ0v) is 8.13. The standard InChI is InChI=1S/C8H13NS2/c10-6-5-9-4-3-8-2-1-7-11-8/h1-2,7,9-10H,3-6H2. The molecule has 0 aliphatic carbocycles. The van der Waals surface area contributed by atoms with Crippen molar-refractivity contribution in [3.05, 3.63) is 22.4 Å². The molecule has 1 aromatic rings. The maximum Gasteiger partial charge on any atom is 0.00578 e. The van der Waals surface area contributed by atoms with Crippen molar-refractivity contribution in [2.24, 2.45) is 0 Å². The molecular formula is C8H13NS2. The first kappa shape index (κ1) is 9.10. The second kappa shape index (κ2) is 5.63. The quantitative estimate of drug-likeness (QED) is 0.529. The van der Waals surface area contributed by atoms with Gasteiger partial charge in [-0.1, -0.05) is 6.07 Å². The predicted octanol–water partition coefficient (Wildman–Crippen LogP) is 1.81. The Morgan fingerprint density at radius 2 is 2.36 bits per heavy atom. The first-order valence-electron chi connectivity index (χ1n) is 3.77. The van der Waals surface area contributed by atoms with E-state index in [-0.39, 0.29) is 0 Å². The lowest BCUT2D eigenvalue weighted by molar-refractivity contribution is 0.726. The molecule has 3 heteroatoms. The lowest BCUT2D eigenvalue weighted by atomic mass is 10.3. The van der Waals surface area contributed by atoms with Gasteiger partial charge in [0.05, 0.1) is 0 Å². The first-order valence-corrected chi connectivity index (χ1v) is 5.28. The van der Waals surface area contributed by atoms with E-state index >= 15 is 0 Å². The third-order valence-electron chi connectivity index (χ3n) is 1.42. The maximum atomic E-state index is 4.11. The molecule has 0 aromatic carbocycles. The highest BCUT2D eigenvalue weighted by Gasteiger charge is 1.91. The molecule has 1 aromatic heterocycles. The summed E-state index contributed by atoms with van der Waals surface area (Å²) in [5.74, 6) is 0.921. The van der Waals surface area contributed by atoms with Crippen molar-refractivity contribution in [2.75, 3.05) is 18.8 Å². The van der Waals surface area contributed by atoms with Gasteiger partial charge in [-0.15, -0.1) is 11.3 Å². The Balaban J connectivity index is 2.04. The van der Waals surface area contributed by atoms with E-state index in [9.17, 15) is 0 Å². The SMILES string of the molecule is SCCNCCc1cccs1. The molecule has 0 unspecified atom stereocenters. The van der Waals surface area contributed by atoms with Crippen LogP contribution in [-0.2, 0) is 6.42 Å². The molecule has 0 aliphatic rings. The second-order valence-electron chi connectivity index (χ2n) is 2.30. The Bertz CT molecular complexity index is 172. The average Bonchev–Trinajstić information content (AvgIpc) is 2.50. The molecule has 0 aliphatic heterocycles. The fourth-order valence-electron chi connectivity index (χ4n) is 0.870. The van der Waals surface area contributed by atoms with Crippen molar-refractivity contribution < 1.29 is 0 Å². The molecule has 11 heavy (non-hydrogen) atoms. The van der Waals surface area contributed by atoms with Gasteiger partial charge in [-0.25, -0.2) is 0 Å². The molecule has 0 fully saturated rings. The van der Waals surface area contributed by atoms with E-state index in [0.717, 1.165) is 25.3 Å². The molecule has 0 radical (unpaired) electrons. The van der Waals surface area contributed by atoms with Gasteiger partial charge in [0, 0.05) is 17.2 Å². The minimum Gasteiger partial charge on any atom is -0.316 e. The summed E-state index contributed by atoms with van der Waals surface area (Å²) in [6.45, 7) is 2.08. The largest absolute Gasteiger partial charge is 0.316 e. The molecular weight excluding hydrogens is 174 g/mol. The molecule has 0 amide bonds.